The Hall–Kier alpha value is -3.59. The SMILES string of the molecule is CC(C)(C)OC(=O)N[C@@H](CNC(=O)OCC1c2ccccc2-c2ccccc21)C(=O)O.CCCCCCCCCCCCCC[N-]CCCCCCCCCCCC. The summed E-state index contributed by atoms with van der Waals surface area (Å²) < 4.78 is 10.4. The second kappa shape index (κ2) is 31.3. The minimum absolute atomic E-state index is 0.103. The lowest BCUT2D eigenvalue weighted by atomic mass is 9.98. The lowest BCUT2D eigenvalue weighted by Crippen LogP contribution is -2.49. The molecule has 0 radical (unpaired) electrons. The first-order valence-electron chi connectivity index (χ1n) is 23.0. The Morgan fingerprint density at radius 1 is 0.621 bits per heavy atom. The van der Waals surface area contributed by atoms with Crippen molar-refractivity contribution in [3.05, 3.63) is 65.0 Å². The van der Waals surface area contributed by atoms with Crippen LogP contribution in [0, 0.1) is 0 Å². The highest BCUT2D eigenvalue weighted by Crippen LogP contribution is 2.44. The van der Waals surface area contributed by atoms with E-state index in [9.17, 15) is 19.5 Å². The molecule has 0 bridgehead atoms. The van der Waals surface area contributed by atoms with Crippen LogP contribution in [-0.2, 0) is 14.3 Å². The number of alkyl carbamates (subject to hydrolysis) is 2. The number of ether oxygens (including phenoxy) is 2. The monoisotopic (exact) mass is 807 g/mol. The van der Waals surface area contributed by atoms with E-state index in [0.717, 1.165) is 35.3 Å². The lowest BCUT2D eigenvalue weighted by Gasteiger charge is -2.22. The molecule has 0 spiro atoms. The van der Waals surface area contributed by atoms with Crippen molar-refractivity contribution in [3.63, 3.8) is 0 Å². The second-order valence-electron chi connectivity index (χ2n) is 17.0. The van der Waals surface area contributed by atoms with Crippen LogP contribution in [0.4, 0.5) is 9.59 Å². The van der Waals surface area contributed by atoms with Crippen LogP contribution < -0.4 is 10.6 Å². The molecule has 0 unspecified atom stereocenters. The van der Waals surface area contributed by atoms with Crippen molar-refractivity contribution in [2.24, 2.45) is 0 Å². The molecule has 0 fully saturated rings. The number of carbonyl (C=O) groups excluding carboxylic acids is 2. The molecule has 1 aliphatic rings. The number of nitrogens with one attached hydrogen (secondary N) is 2. The average Bonchev–Trinajstić information content (AvgIpc) is 3.51. The molecule has 0 saturated heterocycles. The van der Waals surface area contributed by atoms with E-state index in [1.54, 1.807) is 20.8 Å². The fraction of sp³-hybridized carbons (Fsp3) is 0.694. The third-order valence-corrected chi connectivity index (χ3v) is 10.6. The van der Waals surface area contributed by atoms with E-state index >= 15 is 0 Å². The Morgan fingerprint density at radius 2 is 1.02 bits per heavy atom. The van der Waals surface area contributed by atoms with E-state index in [2.05, 4.69) is 24.5 Å². The van der Waals surface area contributed by atoms with Gasteiger partial charge in [0.2, 0.25) is 0 Å². The van der Waals surface area contributed by atoms with Crippen LogP contribution in [0.25, 0.3) is 16.4 Å². The standard InChI is InChI=1S/C26H54N.C23H26N2O6/c1-3-5-7-9-11-13-15-16-18-20-22-24-26-27-25-23-21-19-17-14-12-10-8-6-4-2;1-23(2,3)31-22(29)25-19(20(26)27)12-24-21(28)30-13-18-16-10-6-4-8-14(16)15-9-5-7-11-17(15)18/h3-26H2,1-2H3;4-11,18-19H,12-13H2,1-3H3,(H,24,28)(H,25,29)(H,26,27)/q-1;/t;19-/m.0/s1. The number of hydrogen-bond donors (Lipinski definition) is 3. The van der Waals surface area contributed by atoms with Gasteiger partial charge < -0.3 is 30.5 Å². The quantitative estimate of drug-likeness (QED) is 0.0674. The highest BCUT2D eigenvalue weighted by Gasteiger charge is 2.29. The van der Waals surface area contributed by atoms with Gasteiger partial charge in [0.1, 0.15) is 18.2 Å². The van der Waals surface area contributed by atoms with Gasteiger partial charge in [0.05, 0.1) is 6.54 Å². The van der Waals surface area contributed by atoms with E-state index in [-0.39, 0.29) is 19.1 Å². The topological polar surface area (TPSA) is 128 Å². The third-order valence-electron chi connectivity index (χ3n) is 10.6. The summed E-state index contributed by atoms with van der Waals surface area (Å²) in [5, 5.41) is 18.6. The van der Waals surface area contributed by atoms with Crippen LogP contribution in [-0.4, -0.2) is 61.1 Å². The van der Waals surface area contributed by atoms with Gasteiger partial charge in [0.15, 0.2) is 0 Å². The van der Waals surface area contributed by atoms with Crippen LogP contribution in [0.15, 0.2) is 48.5 Å². The normalized spacial score (nSPS) is 12.5. The maximum atomic E-state index is 12.2. The Balaban J connectivity index is 0.000000405. The van der Waals surface area contributed by atoms with Crippen LogP contribution in [0.1, 0.15) is 193 Å². The number of carboxylic acid groups (broad SMARTS) is 1. The van der Waals surface area contributed by atoms with Crippen LogP contribution in [0.3, 0.4) is 0 Å². The molecule has 2 aromatic carbocycles. The number of fused-ring (bicyclic) bond motifs is 3. The molecule has 9 heteroatoms. The van der Waals surface area contributed by atoms with Crippen molar-refractivity contribution >= 4 is 18.2 Å². The zero-order valence-corrected chi connectivity index (χ0v) is 37.1. The Morgan fingerprint density at radius 3 is 1.41 bits per heavy atom. The van der Waals surface area contributed by atoms with Gasteiger partial charge in [-0.3, -0.25) is 0 Å². The third kappa shape index (κ3) is 23.1. The molecule has 3 N–H and O–H groups in total. The van der Waals surface area contributed by atoms with Gasteiger partial charge in [-0.1, -0.05) is 204 Å². The first-order chi connectivity index (χ1) is 28.1. The van der Waals surface area contributed by atoms with Crippen LogP contribution in [0.5, 0.6) is 0 Å². The van der Waals surface area contributed by atoms with Crippen molar-refractivity contribution in [3.8, 4) is 11.1 Å². The number of amides is 2. The summed E-state index contributed by atoms with van der Waals surface area (Å²) in [5.41, 5.74) is 3.60. The zero-order valence-electron chi connectivity index (χ0n) is 37.1. The molecule has 328 valence electrons. The van der Waals surface area contributed by atoms with Crippen molar-refractivity contribution in [1.29, 1.82) is 0 Å². The molecule has 2 aromatic rings. The number of benzene rings is 2. The van der Waals surface area contributed by atoms with Gasteiger partial charge in [-0.25, -0.2) is 14.4 Å². The fourth-order valence-corrected chi connectivity index (χ4v) is 7.37. The van der Waals surface area contributed by atoms with E-state index in [0.29, 0.717) is 0 Å². The lowest BCUT2D eigenvalue weighted by molar-refractivity contribution is -0.139. The van der Waals surface area contributed by atoms with E-state index in [1.165, 1.54) is 141 Å². The first-order valence-corrected chi connectivity index (χ1v) is 23.0. The summed E-state index contributed by atoms with van der Waals surface area (Å²) in [7, 11) is 0. The Bertz CT molecular complexity index is 1320. The Kier molecular flexibility index (Phi) is 27.3. The highest BCUT2D eigenvalue weighted by molar-refractivity contribution is 5.81. The molecule has 2 amide bonds. The average molecular weight is 807 g/mol. The van der Waals surface area contributed by atoms with E-state index in [1.807, 2.05) is 48.5 Å². The number of rotatable bonds is 30. The molecule has 1 aliphatic carbocycles. The van der Waals surface area contributed by atoms with Crippen molar-refractivity contribution < 1.29 is 29.0 Å². The predicted molar refractivity (Wildman–Crippen MR) is 240 cm³/mol. The van der Waals surface area contributed by atoms with Gasteiger partial charge in [-0.2, -0.15) is 0 Å². The van der Waals surface area contributed by atoms with E-state index < -0.39 is 29.8 Å². The summed E-state index contributed by atoms with van der Waals surface area (Å²) in [4.78, 5) is 35.4. The van der Waals surface area contributed by atoms with Crippen LogP contribution >= 0.6 is 0 Å². The second-order valence-corrected chi connectivity index (χ2v) is 17.0. The van der Waals surface area contributed by atoms with Gasteiger partial charge in [-0.05, 0) is 43.0 Å². The molecule has 1 atom stereocenters. The number of hydrogen-bond acceptors (Lipinski definition) is 5. The number of carbonyl (C=O) groups is 3. The summed E-state index contributed by atoms with van der Waals surface area (Å²) >= 11 is 0. The molecular formula is C49H80N3O6-. The number of carboxylic acids is 1. The van der Waals surface area contributed by atoms with Crippen molar-refractivity contribution in [2.45, 2.75) is 193 Å². The van der Waals surface area contributed by atoms with E-state index in [4.69, 9.17) is 14.8 Å². The van der Waals surface area contributed by atoms with Gasteiger partial charge in [-0.15, -0.1) is 13.1 Å². The minimum atomic E-state index is -1.35. The molecule has 0 saturated carbocycles. The van der Waals surface area contributed by atoms with Crippen LogP contribution in [0.2, 0.25) is 0 Å². The predicted octanol–water partition coefficient (Wildman–Crippen LogP) is 13.5. The molecule has 0 aliphatic heterocycles. The zero-order chi connectivity index (χ0) is 42.3. The summed E-state index contributed by atoms with van der Waals surface area (Å²) in [6.45, 7) is 11.6. The molecular weight excluding hydrogens is 727 g/mol. The maximum Gasteiger partial charge on any atom is 0.408 e. The summed E-state index contributed by atoms with van der Waals surface area (Å²) in [6, 6.07) is 14.6. The molecule has 0 heterocycles. The number of nitrogens with zero attached hydrogens (tertiary/aromatic N) is 1. The van der Waals surface area contributed by atoms with Gasteiger partial charge in [0.25, 0.3) is 0 Å². The largest absolute Gasteiger partial charge is 0.662 e. The summed E-state index contributed by atoms with van der Waals surface area (Å²) in [6.07, 6.45) is 29.8. The van der Waals surface area contributed by atoms with Gasteiger partial charge >= 0.3 is 18.2 Å². The highest BCUT2D eigenvalue weighted by atomic mass is 16.6. The van der Waals surface area contributed by atoms with Gasteiger partial charge in [0, 0.05) is 5.92 Å². The molecule has 0 aromatic heterocycles. The maximum absolute atomic E-state index is 12.2. The fourth-order valence-electron chi connectivity index (χ4n) is 7.37. The summed E-state index contributed by atoms with van der Waals surface area (Å²) in [5.74, 6) is -1.40. The molecule has 3 rings (SSSR count). The smallest absolute Gasteiger partial charge is 0.408 e. The number of unbranched alkanes of at least 4 members (excludes halogenated alkanes) is 20. The number of aliphatic carboxylic acids is 1. The van der Waals surface area contributed by atoms with Crippen molar-refractivity contribution in [1.82, 2.24) is 10.6 Å². The minimum Gasteiger partial charge on any atom is -0.662 e. The van der Waals surface area contributed by atoms with Crippen molar-refractivity contribution in [2.75, 3.05) is 26.2 Å². The molecule has 58 heavy (non-hydrogen) atoms. The Labute approximate surface area is 352 Å². The molecule has 9 nitrogen and oxygen atoms in total. The first kappa shape index (κ1) is 50.6.